The summed E-state index contributed by atoms with van der Waals surface area (Å²) in [5.41, 5.74) is 2.29. The van der Waals surface area contributed by atoms with Crippen LogP contribution in [0.2, 0.25) is 0 Å². The summed E-state index contributed by atoms with van der Waals surface area (Å²) in [4.78, 5) is 28.1. The van der Waals surface area contributed by atoms with Crippen molar-refractivity contribution in [3.05, 3.63) is 77.3 Å². The molecule has 7 nitrogen and oxygen atoms in total. The maximum absolute atomic E-state index is 12.5. The van der Waals surface area contributed by atoms with Gasteiger partial charge in [0.05, 0.1) is 18.9 Å². The van der Waals surface area contributed by atoms with Gasteiger partial charge >= 0.3 is 5.97 Å². The van der Waals surface area contributed by atoms with E-state index in [0.29, 0.717) is 11.1 Å². The van der Waals surface area contributed by atoms with Gasteiger partial charge in [0.25, 0.3) is 5.91 Å². The van der Waals surface area contributed by atoms with Gasteiger partial charge in [-0.05, 0) is 17.2 Å². The molecule has 1 amide bonds. The Morgan fingerprint density at radius 1 is 1.27 bits per heavy atom. The second-order valence-corrected chi connectivity index (χ2v) is 5.65. The molecule has 1 aromatic heterocycles. The molecule has 3 rings (SSSR count). The summed E-state index contributed by atoms with van der Waals surface area (Å²) in [5, 5.41) is 14.3. The third-order valence-electron chi connectivity index (χ3n) is 4.05. The summed E-state index contributed by atoms with van der Waals surface area (Å²) in [5.74, 6) is -0.876. The third kappa shape index (κ3) is 3.46. The minimum Gasteiger partial charge on any atom is -0.468 e. The highest BCUT2D eigenvalue weighted by Gasteiger charge is 2.35. The van der Waals surface area contributed by atoms with Gasteiger partial charge in [-0.1, -0.05) is 36.4 Å². The standard InChI is InChI=1S/C19H18N4O3/c1-26-14(24)11-22-18-15(16(20)12-6-3-2-4-7-12)17(23-19(18)25)13-8-5-9-21-10-13/h2-10,17,20,22H,11H2,1H3,(H,23,25). The van der Waals surface area contributed by atoms with Crippen LogP contribution in [0.3, 0.4) is 0 Å². The van der Waals surface area contributed by atoms with Gasteiger partial charge in [-0.25, -0.2) is 0 Å². The Labute approximate surface area is 150 Å². The molecule has 0 aliphatic carbocycles. The van der Waals surface area contributed by atoms with E-state index in [0.717, 1.165) is 5.56 Å². The summed E-state index contributed by atoms with van der Waals surface area (Å²) in [6, 6.07) is 12.2. The number of nitrogens with one attached hydrogen (secondary N) is 3. The first kappa shape index (κ1) is 17.3. The quantitative estimate of drug-likeness (QED) is 0.539. The molecule has 0 fully saturated rings. The van der Waals surface area contributed by atoms with Crippen LogP contribution in [-0.2, 0) is 14.3 Å². The van der Waals surface area contributed by atoms with Crippen LogP contribution in [0.4, 0.5) is 0 Å². The average Bonchev–Trinajstić information content (AvgIpc) is 3.03. The van der Waals surface area contributed by atoms with Crippen molar-refractivity contribution in [2.45, 2.75) is 6.04 Å². The van der Waals surface area contributed by atoms with Crippen LogP contribution in [-0.4, -0.2) is 36.2 Å². The molecule has 1 aliphatic heterocycles. The minimum absolute atomic E-state index is 0.162. The smallest absolute Gasteiger partial charge is 0.325 e. The summed E-state index contributed by atoms with van der Waals surface area (Å²) in [6.07, 6.45) is 3.29. The van der Waals surface area contributed by atoms with E-state index in [4.69, 9.17) is 5.41 Å². The maximum atomic E-state index is 12.5. The summed E-state index contributed by atoms with van der Waals surface area (Å²) >= 11 is 0. The highest BCUT2D eigenvalue weighted by atomic mass is 16.5. The Morgan fingerprint density at radius 2 is 2.04 bits per heavy atom. The van der Waals surface area contributed by atoms with Gasteiger partial charge in [-0.3, -0.25) is 20.0 Å². The number of esters is 1. The van der Waals surface area contributed by atoms with Crippen molar-refractivity contribution in [1.82, 2.24) is 15.6 Å². The average molecular weight is 350 g/mol. The summed E-state index contributed by atoms with van der Waals surface area (Å²) in [7, 11) is 1.28. The van der Waals surface area contributed by atoms with Crippen LogP contribution in [0.5, 0.6) is 0 Å². The van der Waals surface area contributed by atoms with Crippen LogP contribution in [0, 0.1) is 5.41 Å². The number of carbonyl (C=O) groups is 2. The molecule has 1 aromatic carbocycles. The Hall–Kier alpha value is -3.48. The zero-order valence-electron chi connectivity index (χ0n) is 14.2. The zero-order valence-corrected chi connectivity index (χ0v) is 14.2. The number of amides is 1. The van der Waals surface area contributed by atoms with Crippen molar-refractivity contribution in [2.75, 3.05) is 13.7 Å². The van der Waals surface area contributed by atoms with E-state index in [9.17, 15) is 9.59 Å². The van der Waals surface area contributed by atoms with E-state index < -0.39 is 12.0 Å². The Balaban J connectivity index is 2.03. The number of methoxy groups -OCH3 is 1. The molecular weight excluding hydrogens is 332 g/mol. The van der Waals surface area contributed by atoms with Gasteiger partial charge in [0, 0.05) is 18.0 Å². The number of hydrogen-bond acceptors (Lipinski definition) is 6. The van der Waals surface area contributed by atoms with Crippen molar-refractivity contribution < 1.29 is 14.3 Å². The van der Waals surface area contributed by atoms with Gasteiger partial charge < -0.3 is 15.4 Å². The van der Waals surface area contributed by atoms with E-state index in [1.54, 1.807) is 30.6 Å². The van der Waals surface area contributed by atoms with Crippen LogP contribution >= 0.6 is 0 Å². The predicted octanol–water partition coefficient (Wildman–Crippen LogP) is 1.34. The largest absolute Gasteiger partial charge is 0.468 e. The van der Waals surface area contributed by atoms with Gasteiger partial charge in [-0.2, -0.15) is 0 Å². The minimum atomic E-state index is -0.524. The molecular formula is C19H18N4O3. The first-order chi connectivity index (χ1) is 12.6. The maximum Gasteiger partial charge on any atom is 0.325 e. The molecule has 26 heavy (non-hydrogen) atoms. The lowest BCUT2D eigenvalue weighted by Crippen LogP contribution is -2.30. The summed E-state index contributed by atoms with van der Waals surface area (Å²) in [6.45, 7) is -0.162. The number of rotatable bonds is 6. The van der Waals surface area contributed by atoms with Gasteiger partial charge in [0.2, 0.25) is 0 Å². The van der Waals surface area contributed by atoms with Crippen LogP contribution < -0.4 is 10.6 Å². The van der Waals surface area contributed by atoms with E-state index in [1.165, 1.54) is 7.11 Å². The predicted molar refractivity (Wildman–Crippen MR) is 95.4 cm³/mol. The lowest BCUT2D eigenvalue weighted by Gasteiger charge is -2.16. The normalized spacial score (nSPS) is 16.2. The van der Waals surface area contributed by atoms with Crippen molar-refractivity contribution >= 4 is 17.6 Å². The fourth-order valence-electron chi connectivity index (χ4n) is 2.78. The Kier molecular flexibility index (Phi) is 5.07. The van der Waals surface area contributed by atoms with Crippen molar-refractivity contribution in [1.29, 1.82) is 5.41 Å². The van der Waals surface area contributed by atoms with Gasteiger partial charge in [0.1, 0.15) is 12.2 Å². The molecule has 3 N–H and O–H groups in total. The lowest BCUT2D eigenvalue weighted by molar-refractivity contribution is -0.139. The fraction of sp³-hybridized carbons (Fsp3) is 0.158. The molecule has 0 saturated carbocycles. The van der Waals surface area contributed by atoms with Crippen molar-refractivity contribution in [2.24, 2.45) is 0 Å². The Morgan fingerprint density at radius 3 is 2.69 bits per heavy atom. The third-order valence-corrected chi connectivity index (χ3v) is 4.05. The summed E-state index contributed by atoms with van der Waals surface area (Å²) < 4.78 is 4.62. The SMILES string of the molecule is COC(=O)CNC1=C(C(=N)c2ccccc2)C(c2cccnc2)NC1=O. The topological polar surface area (TPSA) is 104 Å². The molecule has 0 radical (unpaired) electrons. The number of nitrogens with zero attached hydrogens (tertiary/aromatic N) is 1. The monoisotopic (exact) mass is 350 g/mol. The number of hydrogen-bond donors (Lipinski definition) is 3. The number of benzene rings is 1. The molecule has 7 heteroatoms. The molecule has 2 heterocycles. The second-order valence-electron chi connectivity index (χ2n) is 5.65. The number of pyridine rings is 1. The number of ether oxygens (including phenoxy) is 1. The molecule has 0 saturated heterocycles. The van der Waals surface area contributed by atoms with Crippen LogP contribution in [0.25, 0.3) is 0 Å². The number of carbonyl (C=O) groups excluding carboxylic acids is 2. The van der Waals surface area contributed by atoms with Gasteiger partial charge in [0.15, 0.2) is 0 Å². The zero-order chi connectivity index (χ0) is 18.5. The Bertz CT molecular complexity index is 863. The molecule has 0 bridgehead atoms. The first-order valence-corrected chi connectivity index (χ1v) is 8.01. The lowest BCUT2D eigenvalue weighted by atomic mass is 9.93. The molecule has 1 unspecified atom stereocenters. The molecule has 132 valence electrons. The molecule has 1 atom stereocenters. The highest BCUT2D eigenvalue weighted by Crippen LogP contribution is 2.31. The van der Waals surface area contributed by atoms with E-state index in [2.05, 4.69) is 20.4 Å². The number of aromatic nitrogens is 1. The van der Waals surface area contributed by atoms with E-state index in [1.807, 2.05) is 24.3 Å². The molecule has 0 spiro atoms. The molecule has 2 aromatic rings. The molecule has 1 aliphatic rings. The van der Waals surface area contributed by atoms with E-state index in [-0.39, 0.29) is 23.9 Å². The first-order valence-electron chi connectivity index (χ1n) is 8.01. The second kappa shape index (κ2) is 7.60. The van der Waals surface area contributed by atoms with Crippen molar-refractivity contribution in [3.8, 4) is 0 Å². The van der Waals surface area contributed by atoms with Crippen molar-refractivity contribution in [3.63, 3.8) is 0 Å². The van der Waals surface area contributed by atoms with Crippen LogP contribution in [0.1, 0.15) is 17.2 Å². The van der Waals surface area contributed by atoms with Crippen LogP contribution in [0.15, 0.2) is 66.1 Å². The highest BCUT2D eigenvalue weighted by molar-refractivity contribution is 6.18. The van der Waals surface area contributed by atoms with Gasteiger partial charge in [-0.15, -0.1) is 0 Å². The van der Waals surface area contributed by atoms with E-state index >= 15 is 0 Å². The fourth-order valence-corrected chi connectivity index (χ4v) is 2.78.